The summed E-state index contributed by atoms with van der Waals surface area (Å²) >= 11 is 1.15. The number of rotatable bonds is 7. The number of nitro groups is 1. The highest BCUT2D eigenvalue weighted by Crippen LogP contribution is 2.39. The average molecular weight is 349 g/mol. The summed E-state index contributed by atoms with van der Waals surface area (Å²) in [5.41, 5.74) is 1.24. The molecule has 0 spiro atoms. The molecule has 1 amide bonds. The van der Waals surface area contributed by atoms with Crippen LogP contribution >= 0.6 is 11.3 Å². The molecule has 0 aliphatic heterocycles. The first-order chi connectivity index (χ1) is 11.5. The van der Waals surface area contributed by atoms with Gasteiger partial charge in [-0.05, 0) is 19.9 Å². The zero-order chi connectivity index (χ0) is 17.7. The van der Waals surface area contributed by atoms with Crippen molar-refractivity contribution in [2.75, 3.05) is 17.2 Å². The number of nitrogens with zero attached hydrogens (tertiary/aromatic N) is 1. The van der Waals surface area contributed by atoms with Crippen molar-refractivity contribution in [2.24, 2.45) is 0 Å². The van der Waals surface area contributed by atoms with E-state index in [1.165, 1.54) is 18.2 Å². The number of nitrogens with one attached hydrogen (secondary N) is 2. The zero-order valence-electron chi connectivity index (χ0n) is 13.0. The minimum atomic E-state index is -0.530. The Bertz CT molecular complexity index is 787. The van der Waals surface area contributed by atoms with Crippen LogP contribution < -0.4 is 10.6 Å². The molecule has 0 bridgehead atoms. The van der Waals surface area contributed by atoms with E-state index in [0.717, 1.165) is 11.3 Å². The predicted octanol–water partition coefficient (Wildman–Crippen LogP) is 3.45. The molecule has 1 heterocycles. The Morgan fingerprint density at radius 3 is 2.79 bits per heavy atom. The van der Waals surface area contributed by atoms with Crippen LogP contribution in [0.1, 0.15) is 22.8 Å². The second-order valence-corrected chi connectivity index (χ2v) is 5.70. The molecule has 0 atom stereocenters. The number of hydrogen-bond acceptors (Lipinski definition) is 7. The number of benzene rings is 1. The van der Waals surface area contributed by atoms with E-state index in [9.17, 15) is 19.7 Å². The molecule has 1 aromatic carbocycles. The molecule has 24 heavy (non-hydrogen) atoms. The van der Waals surface area contributed by atoms with Gasteiger partial charge in [-0.1, -0.05) is 17.4 Å². The van der Waals surface area contributed by atoms with Gasteiger partial charge in [0.05, 0.1) is 17.1 Å². The Morgan fingerprint density at radius 1 is 1.42 bits per heavy atom. The number of nitro benzene ring substituents is 1. The van der Waals surface area contributed by atoms with Gasteiger partial charge in [-0.2, -0.15) is 0 Å². The molecule has 0 unspecified atom stereocenters. The van der Waals surface area contributed by atoms with Crippen molar-refractivity contribution in [1.82, 2.24) is 0 Å². The Labute approximate surface area is 141 Å². The highest BCUT2D eigenvalue weighted by atomic mass is 32.1. The molecule has 0 aliphatic carbocycles. The molecule has 126 valence electrons. The molecule has 2 rings (SSSR count). The number of carbonyl (C=O) groups is 2. The van der Waals surface area contributed by atoms with E-state index in [1.54, 1.807) is 19.9 Å². The largest absolute Gasteiger partial charge is 0.462 e. The maximum absolute atomic E-state index is 12.2. The van der Waals surface area contributed by atoms with Crippen molar-refractivity contribution >= 4 is 45.1 Å². The normalized spacial score (nSPS) is 10.1. The van der Waals surface area contributed by atoms with Gasteiger partial charge in [0, 0.05) is 23.4 Å². The molecule has 1 aromatic heterocycles. The van der Waals surface area contributed by atoms with Gasteiger partial charge in [-0.25, -0.2) is 4.79 Å². The van der Waals surface area contributed by atoms with Crippen LogP contribution in [-0.4, -0.2) is 23.9 Å². The van der Waals surface area contributed by atoms with E-state index in [4.69, 9.17) is 4.74 Å². The van der Waals surface area contributed by atoms with E-state index < -0.39 is 10.9 Å². The average Bonchev–Trinajstić information content (AvgIpc) is 2.84. The Hall–Kier alpha value is -2.94. The van der Waals surface area contributed by atoms with E-state index in [2.05, 4.69) is 10.6 Å². The fraction of sp³-hybridized carbons (Fsp3) is 0.200. The first kappa shape index (κ1) is 17.4. The number of ether oxygens (including phenoxy) is 1. The van der Waals surface area contributed by atoms with Gasteiger partial charge in [-0.3, -0.25) is 14.9 Å². The third-order valence-corrected chi connectivity index (χ3v) is 4.27. The fourth-order valence-electron chi connectivity index (χ4n) is 2.07. The van der Waals surface area contributed by atoms with E-state index in [-0.39, 0.29) is 17.9 Å². The first-order valence-electron chi connectivity index (χ1n) is 7.00. The second kappa shape index (κ2) is 7.55. The Kier molecular flexibility index (Phi) is 5.48. The molecule has 2 aromatic rings. The quantitative estimate of drug-likeness (QED) is 0.343. The topological polar surface area (TPSA) is 111 Å². The van der Waals surface area contributed by atoms with Crippen LogP contribution in [0.3, 0.4) is 0 Å². The molecular formula is C15H15N3O5S. The number of non-ortho nitro benzene ring substituents is 1. The van der Waals surface area contributed by atoms with Crippen LogP contribution in [0.25, 0.3) is 0 Å². The third kappa shape index (κ3) is 3.69. The number of esters is 1. The molecule has 0 saturated carbocycles. The number of carbonyl (C=O) groups excluding carboxylic acids is 2. The SMILES string of the molecule is CCOC(=O)c1c(Nc2cccc([N+](=O)[O-])c2)sc(NC=O)c1C. The number of hydrogen-bond donors (Lipinski definition) is 2. The van der Waals surface area contributed by atoms with Crippen LogP contribution in [0.15, 0.2) is 24.3 Å². The summed E-state index contributed by atoms with van der Waals surface area (Å²) < 4.78 is 5.04. The Morgan fingerprint density at radius 2 is 2.17 bits per heavy atom. The van der Waals surface area contributed by atoms with Crippen molar-refractivity contribution in [2.45, 2.75) is 13.8 Å². The van der Waals surface area contributed by atoms with Gasteiger partial charge in [0.25, 0.3) is 5.69 Å². The van der Waals surface area contributed by atoms with Gasteiger partial charge in [0.15, 0.2) is 0 Å². The van der Waals surface area contributed by atoms with Crippen LogP contribution in [0.2, 0.25) is 0 Å². The van der Waals surface area contributed by atoms with Crippen LogP contribution in [0.5, 0.6) is 0 Å². The zero-order valence-corrected chi connectivity index (χ0v) is 13.8. The molecule has 0 fully saturated rings. The van der Waals surface area contributed by atoms with Gasteiger partial charge >= 0.3 is 5.97 Å². The number of anilines is 3. The summed E-state index contributed by atoms with van der Waals surface area (Å²) in [6.45, 7) is 3.59. The van der Waals surface area contributed by atoms with Crippen LogP contribution in [0, 0.1) is 17.0 Å². The second-order valence-electron chi connectivity index (χ2n) is 4.68. The monoisotopic (exact) mass is 349 g/mol. The van der Waals surface area contributed by atoms with Gasteiger partial charge < -0.3 is 15.4 Å². The lowest BCUT2D eigenvalue weighted by Gasteiger charge is -2.07. The van der Waals surface area contributed by atoms with Crippen molar-refractivity contribution in [3.05, 3.63) is 45.5 Å². The molecule has 8 nitrogen and oxygen atoms in total. The summed E-state index contributed by atoms with van der Waals surface area (Å²) in [5, 5.41) is 17.3. The van der Waals surface area contributed by atoms with Crippen molar-refractivity contribution < 1.29 is 19.2 Å². The molecule has 9 heteroatoms. The summed E-state index contributed by atoms with van der Waals surface area (Å²) in [6, 6.07) is 5.91. The van der Waals surface area contributed by atoms with Crippen molar-refractivity contribution in [3.8, 4) is 0 Å². The lowest BCUT2D eigenvalue weighted by Crippen LogP contribution is -2.08. The maximum Gasteiger partial charge on any atom is 0.341 e. The fourth-order valence-corrected chi connectivity index (χ4v) is 3.14. The van der Waals surface area contributed by atoms with Crippen LogP contribution in [0.4, 0.5) is 21.4 Å². The van der Waals surface area contributed by atoms with Gasteiger partial charge in [0.1, 0.15) is 10.0 Å². The molecule has 0 radical (unpaired) electrons. The summed E-state index contributed by atoms with van der Waals surface area (Å²) in [5.74, 6) is -0.530. The summed E-state index contributed by atoms with van der Waals surface area (Å²) in [7, 11) is 0. The van der Waals surface area contributed by atoms with E-state index in [1.807, 2.05) is 0 Å². The minimum Gasteiger partial charge on any atom is -0.462 e. The molecule has 2 N–H and O–H groups in total. The molecule has 0 aliphatic rings. The third-order valence-electron chi connectivity index (χ3n) is 3.13. The first-order valence-corrected chi connectivity index (χ1v) is 7.81. The van der Waals surface area contributed by atoms with Gasteiger partial charge in [-0.15, -0.1) is 0 Å². The highest BCUT2D eigenvalue weighted by molar-refractivity contribution is 7.20. The summed E-state index contributed by atoms with van der Waals surface area (Å²) in [4.78, 5) is 33.3. The highest BCUT2D eigenvalue weighted by Gasteiger charge is 2.22. The standard InChI is InChI=1S/C15H15N3O5S/c1-3-23-15(20)12-9(2)13(16-8-19)24-14(12)17-10-5-4-6-11(7-10)18(21)22/h4-8,17H,3H2,1-2H3,(H,16,19). The predicted molar refractivity (Wildman–Crippen MR) is 91.1 cm³/mol. The molecular weight excluding hydrogens is 334 g/mol. The minimum absolute atomic E-state index is 0.0720. The van der Waals surface area contributed by atoms with Crippen molar-refractivity contribution in [1.29, 1.82) is 0 Å². The van der Waals surface area contributed by atoms with Crippen LogP contribution in [-0.2, 0) is 9.53 Å². The van der Waals surface area contributed by atoms with E-state index >= 15 is 0 Å². The van der Waals surface area contributed by atoms with Gasteiger partial charge in [0.2, 0.25) is 6.41 Å². The van der Waals surface area contributed by atoms with E-state index in [0.29, 0.717) is 27.7 Å². The lowest BCUT2D eigenvalue weighted by molar-refractivity contribution is -0.384. The number of thiophene rings is 1. The Balaban J connectivity index is 2.43. The summed E-state index contributed by atoms with van der Waals surface area (Å²) in [6.07, 6.45) is 0.519. The van der Waals surface area contributed by atoms with Crippen molar-refractivity contribution in [3.63, 3.8) is 0 Å². The molecule has 0 saturated heterocycles. The number of amides is 1. The maximum atomic E-state index is 12.2. The smallest absolute Gasteiger partial charge is 0.341 e. The lowest BCUT2D eigenvalue weighted by atomic mass is 10.2.